The fraction of sp³-hybridized carbons (Fsp3) is 0.300. The summed E-state index contributed by atoms with van der Waals surface area (Å²) in [4.78, 5) is 10.4. The Bertz CT molecular complexity index is 560. The van der Waals surface area contributed by atoms with E-state index in [1.54, 1.807) is 0 Å². The quantitative estimate of drug-likeness (QED) is 0.855. The molecule has 3 N–H and O–H groups in total. The second-order valence-electron chi connectivity index (χ2n) is 4.03. The van der Waals surface area contributed by atoms with Gasteiger partial charge in [-0.15, -0.1) is 0 Å². The molecule has 0 aliphatic rings. The second kappa shape index (κ2) is 4.08. The number of carboxylic acid groups (broad SMARTS) is 1. The van der Waals surface area contributed by atoms with Crippen LogP contribution >= 0.6 is 0 Å². The van der Waals surface area contributed by atoms with Crippen molar-refractivity contribution in [3.05, 3.63) is 29.3 Å². The number of hydrogen-bond acceptors (Lipinski definition) is 3. The molecule has 5 nitrogen and oxygen atoms in total. The van der Waals surface area contributed by atoms with E-state index in [-0.39, 0.29) is 5.56 Å². The Morgan fingerprint density at radius 1 is 1.41 bits per heavy atom. The third kappa shape index (κ3) is 3.01. The highest BCUT2D eigenvalue weighted by atomic mass is 32.2. The van der Waals surface area contributed by atoms with Crippen molar-refractivity contribution in [3.63, 3.8) is 0 Å². The van der Waals surface area contributed by atoms with Crippen LogP contribution in [-0.4, -0.2) is 19.5 Å². The number of sulfonamides is 1. The van der Waals surface area contributed by atoms with Crippen LogP contribution in [0.2, 0.25) is 0 Å². The minimum atomic E-state index is -4.14. The number of primary sulfonamides is 1. The van der Waals surface area contributed by atoms with Gasteiger partial charge in [-0.05, 0) is 31.5 Å². The lowest BCUT2D eigenvalue weighted by molar-refractivity contribution is 0.0692. The number of halogens is 1. The van der Waals surface area contributed by atoms with E-state index in [9.17, 15) is 17.6 Å². The number of hydrogen-bond donors (Lipinski definition) is 2. The third-order valence-corrected chi connectivity index (χ3v) is 3.17. The molecule has 0 bridgehead atoms. The average Bonchev–Trinajstić information content (AvgIpc) is 2.14. The van der Waals surface area contributed by atoms with Crippen LogP contribution in [0.5, 0.6) is 0 Å². The predicted octanol–water partition coefficient (Wildman–Crippen LogP) is 1.24. The smallest absolute Gasteiger partial charge is 0.337 e. The van der Waals surface area contributed by atoms with Crippen LogP contribution in [0.15, 0.2) is 23.1 Å². The molecule has 0 atom stereocenters. The van der Waals surface area contributed by atoms with Crippen LogP contribution in [0.4, 0.5) is 4.39 Å². The minimum Gasteiger partial charge on any atom is -0.478 e. The normalized spacial score (nSPS) is 12.5. The molecular weight excluding hydrogens is 249 g/mol. The number of carbonyl (C=O) groups is 1. The van der Waals surface area contributed by atoms with Gasteiger partial charge in [-0.1, -0.05) is 6.07 Å². The Labute approximate surface area is 98.1 Å². The summed E-state index contributed by atoms with van der Waals surface area (Å²) in [6.45, 7) is 2.48. The van der Waals surface area contributed by atoms with Gasteiger partial charge in [0.1, 0.15) is 5.67 Å². The second-order valence-corrected chi connectivity index (χ2v) is 5.56. The molecule has 0 radical (unpaired) electrons. The van der Waals surface area contributed by atoms with E-state index in [0.29, 0.717) is 0 Å². The van der Waals surface area contributed by atoms with Gasteiger partial charge in [0.25, 0.3) is 0 Å². The highest BCUT2D eigenvalue weighted by Gasteiger charge is 2.25. The van der Waals surface area contributed by atoms with E-state index in [2.05, 4.69) is 0 Å². The largest absolute Gasteiger partial charge is 0.478 e. The van der Waals surface area contributed by atoms with Crippen LogP contribution in [0.3, 0.4) is 0 Å². The van der Waals surface area contributed by atoms with Gasteiger partial charge in [-0.25, -0.2) is 22.7 Å². The van der Waals surface area contributed by atoms with Crippen LogP contribution in [0, 0.1) is 0 Å². The molecule has 0 aromatic heterocycles. The predicted molar refractivity (Wildman–Crippen MR) is 58.9 cm³/mol. The van der Waals surface area contributed by atoms with Crippen LogP contribution in [0.25, 0.3) is 0 Å². The summed E-state index contributed by atoms with van der Waals surface area (Å²) in [6.07, 6.45) is 0. The number of alkyl halides is 1. The Morgan fingerprint density at radius 2 is 1.94 bits per heavy atom. The summed E-state index contributed by atoms with van der Waals surface area (Å²) in [5, 5.41) is 13.7. The Kier molecular flexibility index (Phi) is 3.26. The number of carboxylic acids is 1. The monoisotopic (exact) mass is 261 g/mol. The van der Waals surface area contributed by atoms with Crippen LogP contribution in [0.1, 0.15) is 29.8 Å². The molecule has 0 aliphatic carbocycles. The Morgan fingerprint density at radius 3 is 2.29 bits per heavy atom. The maximum absolute atomic E-state index is 13.6. The first-order valence-corrected chi connectivity index (χ1v) is 6.17. The lowest BCUT2D eigenvalue weighted by Crippen LogP contribution is -2.18. The maximum Gasteiger partial charge on any atom is 0.337 e. The van der Waals surface area contributed by atoms with Crippen molar-refractivity contribution in [1.29, 1.82) is 0 Å². The van der Waals surface area contributed by atoms with Crippen molar-refractivity contribution in [1.82, 2.24) is 0 Å². The zero-order valence-corrected chi connectivity index (χ0v) is 10.1. The average molecular weight is 261 g/mol. The molecular formula is C10H12FNO4S. The molecule has 1 rings (SSSR count). The van der Waals surface area contributed by atoms with E-state index in [1.807, 2.05) is 0 Å². The number of aromatic carboxylic acids is 1. The van der Waals surface area contributed by atoms with Gasteiger partial charge in [-0.3, -0.25) is 0 Å². The number of nitrogens with two attached hydrogens (primary N) is 1. The molecule has 0 amide bonds. The van der Waals surface area contributed by atoms with Crippen molar-refractivity contribution in [2.24, 2.45) is 5.14 Å². The highest BCUT2D eigenvalue weighted by Crippen LogP contribution is 2.27. The Hall–Kier alpha value is -1.47. The summed E-state index contributed by atoms with van der Waals surface area (Å²) in [7, 11) is -4.14. The first-order chi connectivity index (χ1) is 7.53. The van der Waals surface area contributed by atoms with Crippen molar-refractivity contribution < 1.29 is 22.7 Å². The first-order valence-electron chi connectivity index (χ1n) is 4.63. The highest BCUT2D eigenvalue weighted by molar-refractivity contribution is 7.89. The van der Waals surface area contributed by atoms with Crippen molar-refractivity contribution in [2.75, 3.05) is 0 Å². The molecule has 7 heteroatoms. The summed E-state index contributed by atoms with van der Waals surface area (Å²) < 4.78 is 35.9. The standard InChI is InChI=1S/C10H12FNO4S/c1-10(2,11)6-3-4-8(17(12,15)16)7(5-6)9(13)14/h3-5H,1-2H3,(H,13,14)(H2,12,15,16). The summed E-state index contributed by atoms with van der Waals surface area (Å²) >= 11 is 0. The van der Waals surface area contributed by atoms with Gasteiger partial charge in [-0.2, -0.15) is 0 Å². The molecule has 17 heavy (non-hydrogen) atoms. The van der Waals surface area contributed by atoms with Gasteiger partial charge >= 0.3 is 5.97 Å². The van der Waals surface area contributed by atoms with Crippen LogP contribution < -0.4 is 5.14 Å². The summed E-state index contributed by atoms with van der Waals surface area (Å²) in [5.41, 5.74) is -2.22. The van der Waals surface area contributed by atoms with E-state index >= 15 is 0 Å². The molecule has 94 valence electrons. The first kappa shape index (κ1) is 13.6. The summed E-state index contributed by atoms with van der Waals surface area (Å²) in [5.74, 6) is -1.47. The van der Waals surface area contributed by atoms with E-state index < -0.39 is 32.1 Å². The SMILES string of the molecule is CC(C)(F)c1ccc(S(N)(=O)=O)c(C(=O)O)c1. The number of rotatable bonds is 3. The van der Waals surface area contributed by atoms with Crippen LogP contribution in [-0.2, 0) is 15.7 Å². The van der Waals surface area contributed by atoms with E-state index in [0.717, 1.165) is 12.1 Å². The fourth-order valence-electron chi connectivity index (χ4n) is 1.32. The molecule has 0 fully saturated rings. The number of benzene rings is 1. The third-order valence-electron chi connectivity index (χ3n) is 2.20. The van der Waals surface area contributed by atoms with Crippen molar-refractivity contribution in [3.8, 4) is 0 Å². The molecule has 0 aliphatic heterocycles. The zero-order valence-electron chi connectivity index (χ0n) is 9.27. The molecule has 1 aromatic carbocycles. The lowest BCUT2D eigenvalue weighted by Gasteiger charge is -2.16. The van der Waals surface area contributed by atoms with Crippen molar-refractivity contribution in [2.45, 2.75) is 24.4 Å². The van der Waals surface area contributed by atoms with Gasteiger partial charge < -0.3 is 5.11 Å². The van der Waals surface area contributed by atoms with Gasteiger partial charge in [0.15, 0.2) is 0 Å². The van der Waals surface area contributed by atoms with E-state index in [4.69, 9.17) is 10.2 Å². The Balaban J connectivity index is 3.55. The summed E-state index contributed by atoms with van der Waals surface area (Å²) in [6, 6.07) is 3.17. The van der Waals surface area contributed by atoms with Crippen molar-refractivity contribution >= 4 is 16.0 Å². The fourth-order valence-corrected chi connectivity index (χ4v) is 2.03. The van der Waals surface area contributed by atoms with Gasteiger partial charge in [0, 0.05) is 0 Å². The lowest BCUT2D eigenvalue weighted by atomic mass is 9.98. The maximum atomic E-state index is 13.6. The topological polar surface area (TPSA) is 97.5 Å². The van der Waals surface area contributed by atoms with Gasteiger partial charge in [0.05, 0.1) is 10.5 Å². The van der Waals surface area contributed by atoms with E-state index in [1.165, 1.54) is 19.9 Å². The molecule has 0 spiro atoms. The zero-order chi connectivity index (χ0) is 13.4. The molecule has 1 aromatic rings. The minimum absolute atomic E-state index is 0.0716. The molecule has 0 saturated heterocycles. The molecule has 0 saturated carbocycles. The van der Waals surface area contributed by atoms with Gasteiger partial charge in [0.2, 0.25) is 10.0 Å². The molecule has 0 heterocycles. The molecule has 0 unspecified atom stereocenters.